The quantitative estimate of drug-likeness (QED) is 0.364. The number of hydrogen-bond donors (Lipinski definition) is 3. The molecule has 4 N–H and O–H groups in total. The summed E-state index contributed by atoms with van der Waals surface area (Å²) in [6.07, 6.45) is 0.873. The van der Waals surface area contributed by atoms with E-state index in [-0.39, 0.29) is 37.2 Å². The predicted molar refractivity (Wildman–Crippen MR) is 107 cm³/mol. The van der Waals surface area contributed by atoms with Gasteiger partial charge in [-0.25, -0.2) is 0 Å². The van der Waals surface area contributed by atoms with Crippen LogP contribution >= 0.6 is 11.3 Å². The Bertz CT molecular complexity index is 801. The smallest absolute Gasteiger partial charge is 0.251 e. The molecule has 2 aromatic rings. The van der Waals surface area contributed by atoms with Crippen LogP contribution in [0.5, 0.6) is 0 Å². The number of aliphatic hydroxyl groups is 1. The van der Waals surface area contributed by atoms with Crippen molar-refractivity contribution in [1.82, 2.24) is 5.32 Å². The van der Waals surface area contributed by atoms with Crippen LogP contribution in [0.3, 0.4) is 0 Å². The monoisotopic (exact) mass is 404 g/mol. The van der Waals surface area contributed by atoms with Gasteiger partial charge in [-0.2, -0.15) is 0 Å². The van der Waals surface area contributed by atoms with Crippen LogP contribution in [0.4, 0.5) is 0 Å². The van der Waals surface area contributed by atoms with Gasteiger partial charge < -0.3 is 20.9 Å². The zero-order chi connectivity index (χ0) is 20.4. The van der Waals surface area contributed by atoms with Crippen molar-refractivity contribution in [2.45, 2.75) is 12.8 Å². The first kappa shape index (κ1) is 21.9. The van der Waals surface area contributed by atoms with Crippen LogP contribution in [0, 0.1) is 0 Å². The number of thiophene rings is 1. The first-order valence-electron chi connectivity index (χ1n) is 8.97. The van der Waals surface area contributed by atoms with Gasteiger partial charge >= 0.3 is 0 Å². The number of benzene rings is 1. The number of carbonyl (C=O) groups is 3. The molecule has 150 valence electrons. The Balaban J connectivity index is 1.80. The molecule has 8 heteroatoms. The second-order valence-corrected chi connectivity index (χ2v) is 7.09. The first-order valence-corrected chi connectivity index (χ1v) is 9.79. The number of hydrogen-bond acceptors (Lipinski definition) is 7. The average molecular weight is 404 g/mol. The number of rotatable bonds is 12. The fourth-order valence-electron chi connectivity index (χ4n) is 2.45. The van der Waals surface area contributed by atoms with Crippen LogP contribution in [0.25, 0.3) is 0 Å². The molecule has 2 rings (SSSR count). The van der Waals surface area contributed by atoms with Gasteiger partial charge in [-0.3, -0.25) is 14.4 Å². The van der Waals surface area contributed by atoms with Crippen molar-refractivity contribution in [2.75, 3.05) is 32.9 Å². The molecule has 0 aliphatic rings. The maximum atomic E-state index is 12.3. The molecule has 0 spiro atoms. The fourth-order valence-corrected chi connectivity index (χ4v) is 3.37. The van der Waals surface area contributed by atoms with Crippen LogP contribution < -0.4 is 11.1 Å². The molecule has 0 saturated carbocycles. The van der Waals surface area contributed by atoms with Gasteiger partial charge in [0.25, 0.3) is 5.91 Å². The number of amides is 1. The molecular formula is C20H24N2O5S. The molecule has 0 unspecified atom stereocenters. The van der Waals surface area contributed by atoms with E-state index in [1.807, 2.05) is 12.1 Å². The van der Waals surface area contributed by atoms with Gasteiger partial charge in [0, 0.05) is 18.5 Å². The summed E-state index contributed by atoms with van der Waals surface area (Å²) in [5, 5.41) is 11.3. The van der Waals surface area contributed by atoms with Crippen LogP contribution in [0.15, 0.2) is 36.4 Å². The molecule has 0 aliphatic carbocycles. The minimum Gasteiger partial charge on any atom is -0.394 e. The number of aryl methyl sites for hydroxylation is 1. The van der Waals surface area contributed by atoms with Gasteiger partial charge in [-0.05, 0) is 36.2 Å². The summed E-state index contributed by atoms with van der Waals surface area (Å²) >= 11 is 1.17. The van der Waals surface area contributed by atoms with Crippen molar-refractivity contribution < 1.29 is 24.2 Å². The van der Waals surface area contributed by atoms with Crippen LogP contribution in [-0.2, 0) is 11.2 Å². The summed E-state index contributed by atoms with van der Waals surface area (Å²) in [5.74, 6) is -0.394. The molecule has 1 aromatic carbocycles. The lowest BCUT2D eigenvalue weighted by atomic mass is 10.0. The van der Waals surface area contributed by atoms with Crippen molar-refractivity contribution in [2.24, 2.45) is 5.73 Å². The summed E-state index contributed by atoms with van der Waals surface area (Å²) in [7, 11) is 0. The van der Waals surface area contributed by atoms with Gasteiger partial charge in [-0.1, -0.05) is 12.1 Å². The molecule has 0 aliphatic heterocycles. The lowest BCUT2D eigenvalue weighted by Crippen LogP contribution is -2.27. The standard InChI is InChI=1S/C20H24N2O5S/c21-13-17(25)19-8-7-18(28-19)16(24)6-3-14-1-4-15(5-2-14)20(26)22-9-11-27-12-10-23/h1-2,4-5,7-8,23H,3,6,9-13,21H2,(H,22,26). The Kier molecular flexibility index (Phi) is 8.96. The predicted octanol–water partition coefficient (Wildman–Crippen LogP) is 1.44. The van der Waals surface area contributed by atoms with Gasteiger partial charge in [0.1, 0.15) is 0 Å². The van der Waals surface area contributed by atoms with E-state index in [4.69, 9.17) is 15.6 Å². The molecule has 0 bridgehead atoms. The van der Waals surface area contributed by atoms with Crippen LogP contribution in [0.2, 0.25) is 0 Å². The maximum absolute atomic E-state index is 12.3. The molecular weight excluding hydrogens is 380 g/mol. The third-order valence-corrected chi connectivity index (χ3v) is 5.13. The van der Waals surface area contributed by atoms with Crippen molar-refractivity contribution in [3.63, 3.8) is 0 Å². The van der Waals surface area contributed by atoms with E-state index in [9.17, 15) is 14.4 Å². The largest absolute Gasteiger partial charge is 0.394 e. The van der Waals surface area contributed by atoms with E-state index in [1.54, 1.807) is 24.3 Å². The normalized spacial score (nSPS) is 10.6. The topological polar surface area (TPSA) is 119 Å². The Labute approximate surface area is 167 Å². The summed E-state index contributed by atoms with van der Waals surface area (Å²) < 4.78 is 5.08. The Morgan fingerprint density at radius 2 is 1.68 bits per heavy atom. The van der Waals surface area contributed by atoms with E-state index < -0.39 is 0 Å². The van der Waals surface area contributed by atoms with Gasteiger partial charge in [0.15, 0.2) is 11.6 Å². The molecule has 1 amide bonds. The number of nitrogens with one attached hydrogen (secondary N) is 1. The lowest BCUT2D eigenvalue weighted by molar-refractivity contribution is 0.0837. The highest BCUT2D eigenvalue weighted by Gasteiger charge is 2.13. The molecule has 0 fully saturated rings. The number of ketones is 2. The second kappa shape index (κ2) is 11.5. The number of Topliss-reactive ketones (excluding diaryl/α,β-unsaturated/α-hetero) is 2. The van der Waals surface area contributed by atoms with Crippen molar-refractivity contribution in [3.05, 3.63) is 57.3 Å². The van der Waals surface area contributed by atoms with Crippen molar-refractivity contribution >= 4 is 28.8 Å². The fraction of sp³-hybridized carbons (Fsp3) is 0.350. The van der Waals surface area contributed by atoms with E-state index >= 15 is 0 Å². The van der Waals surface area contributed by atoms with Crippen molar-refractivity contribution in [3.8, 4) is 0 Å². The summed E-state index contributed by atoms with van der Waals surface area (Å²) in [6.45, 7) is 0.846. The van der Waals surface area contributed by atoms with Crippen molar-refractivity contribution in [1.29, 1.82) is 0 Å². The van der Waals surface area contributed by atoms with Gasteiger partial charge in [0.2, 0.25) is 0 Å². The Morgan fingerprint density at radius 3 is 2.32 bits per heavy atom. The number of aliphatic hydroxyl groups excluding tert-OH is 1. The van der Waals surface area contributed by atoms with Gasteiger partial charge in [0.05, 0.1) is 36.1 Å². The van der Waals surface area contributed by atoms with E-state index in [0.717, 1.165) is 5.56 Å². The van der Waals surface area contributed by atoms with Crippen LogP contribution in [0.1, 0.15) is 41.7 Å². The summed E-state index contributed by atoms with van der Waals surface area (Å²) in [6, 6.07) is 10.4. The minimum absolute atomic E-state index is 0.0224. The second-order valence-electron chi connectivity index (χ2n) is 6.00. The number of carbonyl (C=O) groups excluding carboxylic acids is 3. The van der Waals surface area contributed by atoms with E-state index in [0.29, 0.717) is 41.3 Å². The zero-order valence-corrected chi connectivity index (χ0v) is 16.3. The number of nitrogens with two attached hydrogens (primary N) is 1. The Morgan fingerprint density at radius 1 is 1.00 bits per heavy atom. The maximum Gasteiger partial charge on any atom is 0.251 e. The molecule has 0 radical (unpaired) electrons. The molecule has 1 aromatic heterocycles. The zero-order valence-electron chi connectivity index (χ0n) is 15.5. The molecule has 28 heavy (non-hydrogen) atoms. The minimum atomic E-state index is -0.203. The van der Waals surface area contributed by atoms with Crippen LogP contribution in [-0.4, -0.2) is 55.5 Å². The molecule has 1 heterocycles. The summed E-state index contributed by atoms with van der Waals surface area (Å²) in [4.78, 5) is 36.9. The van der Waals surface area contributed by atoms with E-state index in [1.165, 1.54) is 11.3 Å². The summed E-state index contributed by atoms with van der Waals surface area (Å²) in [5.41, 5.74) is 6.81. The highest BCUT2D eigenvalue weighted by molar-refractivity contribution is 7.16. The molecule has 7 nitrogen and oxygen atoms in total. The number of ether oxygens (including phenoxy) is 1. The Hall–Kier alpha value is -2.39. The third kappa shape index (κ3) is 6.65. The van der Waals surface area contributed by atoms with E-state index in [2.05, 4.69) is 5.32 Å². The third-order valence-electron chi connectivity index (χ3n) is 3.97. The molecule has 0 saturated heterocycles. The average Bonchev–Trinajstić information content (AvgIpc) is 3.22. The first-order chi connectivity index (χ1) is 13.5. The SMILES string of the molecule is NCC(=O)c1ccc(C(=O)CCc2ccc(C(=O)NCCOCCO)cc2)s1. The molecule has 0 atom stereocenters. The lowest BCUT2D eigenvalue weighted by Gasteiger charge is -2.06. The highest BCUT2D eigenvalue weighted by atomic mass is 32.1. The highest BCUT2D eigenvalue weighted by Crippen LogP contribution is 2.19. The van der Waals surface area contributed by atoms with Gasteiger partial charge in [-0.15, -0.1) is 11.3 Å².